The predicted molar refractivity (Wildman–Crippen MR) is 76.3 cm³/mol. The highest BCUT2D eigenvalue weighted by Crippen LogP contribution is 2.15. The Morgan fingerprint density at radius 2 is 2.09 bits per heavy atom. The molecule has 0 fully saturated rings. The summed E-state index contributed by atoms with van der Waals surface area (Å²) in [5.41, 5.74) is 6.03. The molecule has 8 heteroatoms. The molecular formula is C14H13N3O5. The summed E-state index contributed by atoms with van der Waals surface area (Å²) in [5, 5.41) is 1.81. The fourth-order valence-corrected chi connectivity index (χ4v) is 1.59. The van der Waals surface area contributed by atoms with Crippen LogP contribution in [0.15, 0.2) is 34.8 Å². The van der Waals surface area contributed by atoms with E-state index in [0.29, 0.717) is 11.1 Å². The Morgan fingerprint density at radius 1 is 1.36 bits per heavy atom. The number of carbonyl (C=O) groups is 3. The van der Waals surface area contributed by atoms with Crippen LogP contribution in [0.4, 0.5) is 4.79 Å². The molecule has 0 saturated heterocycles. The molecule has 3 N–H and O–H groups in total. The molecule has 2 aromatic rings. The average Bonchev–Trinajstić information content (AvgIpc) is 2.87. The molecule has 1 atom stereocenters. The van der Waals surface area contributed by atoms with Gasteiger partial charge in [-0.1, -0.05) is 12.1 Å². The van der Waals surface area contributed by atoms with Crippen LogP contribution in [0.3, 0.4) is 0 Å². The van der Waals surface area contributed by atoms with E-state index in [0.717, 1.165) is 6.08 Å². The molecule has 1 aromatic carbocycles. The Hall–Kier alpha value is -3.16. The summed E-state index contributed by atoms with van der Waals surface area (Å²) in [7, 11) is 0. The predicted octanol–water partition coefficient (Wildman–Crippen LogP) is 0.968. The number of benzene rings is 1. The zero-order chi connectivity index (χ0) is 16.1. The van der Waals surface area contributed by atoms with E-state index in [2.05, 4.69) is 4.98 Å². The molecule has 0 saturated carbocycles. The van der Waals surface area contributed by atoms with Crippen molar-refractivity contribution in [2.24, 2.45) is 5.73 Å². The van der Waals surface area contributed by atoms with E-state index in [4.69, 9.17) is 14.9 Å². The van der Waals surface area contributed by atoms with Gasteiger partial charge in [-0.25, -0.2) is 14.6 Å². The number of para-hydroxylation sites is 2. The van der Waals surface area contributed by atoms with Gasteiger partial charge < -0.3 is 14.9 Å². The van der Waals surface area contributed by atoms with E-state index in [1.807, 2.05) is 11.4 Å². The molecule has 22 heavy (non-hydrogen) atoms. The maximum Gasteiger partial charge on any atom is 0.331 e. The summed E-state index contributed by atoms with van der Waals surface area (Å²) >= 11 is 0. The smallest absolute Gasteiger partial charge is 0.331 e. The van der Waals surface area contributed by atoms with Crippen molar-refractivity contribution in [3.63, 3.8) is 0 Å². The summed E-state index contributed by atoms with van der Waals surface area (Å²) in [4.78, 5) is 37.5. The minimum absolute atomic E-state index is 0.229. The number of fused-ring (bicyclic) bond motifs is 1. The number of urea groups is 1. The molecule has 0 spiro atoms. The number of carbonyl (C=O) groups excluding carboxylic acids is 3. The lowest BCUT2D eigenvalue weighted by Gasteiger charge is -2.09. The normalized spacial score (nSPS) is 12.2. The highest BCUT2D eigenvalue weighted by molar-refractivity contribution is 5.97. The van der Waals surface area contributed by atoms with Gasteiger partial charge in [0, 0.05) is 12.2 Å². The van der Waals surface area contributed by atoms with Gasteiger partial charge in [0.2, 0.25) is 5.89 Å². The van der Waals surface area contributed by atoms with Crippen LogP contribution in [0.1, 0.15) is 12.8 Å². The molecule has 1 aromatic heterocycles. The maximum absolute atomic E-state index is 11.6. The molecule has 114 valence electrons. The lowest BCUT2D eigenvalue weighted by atomic mass is 10.3. The van der Waals surface area contributed by atoms with Crippen LogP contribution in [0.25, 0.3) is 17.2 Å². The molecule has 0 unspecified atom stereocenters. The van der Waals surface area contributed by atoms with Crippen LogP contribution in [0.2, 0.25) is 0 Å². The molecule has 8 nitrogen and oxygen atoms in total. The van der Waals surface area contributed by atoms with Gasteiger partial charge in [-0.3, -0.25) is 10.1 Å². The van der Waals surface area contributed by atoms with Gasteiger partial charge in [-0.05, 0) is 19.1 Å². The van der Waals surface area contributed by atoms with Crippen LogP contribution in [-0.4, -0.2) is 29.0 Å². The van der Waals surface area contributed by atoms with Crippen molar-refractivity contribution in [1.29, 1.82) is 0 Å². The van der Waals surface area contributed by atoms with E-state index >= 15 is 0 Å². The van der Waals surface area contributed by atoms with Crippen LogP contribution >= 0.6 is 0 Å². The fourth-order valence-electron chi connectivity index (χ4n) is 1.59. The average molecular weight is 303 g/mol. The Labute approximate surface area is 124 Å². The van der Waals surface area contributed by atoms with Crippen molar-refractivity contribution in [3.8, 4) is 0 Å². The number of nitrogens with two attached hydrogens (primary N) is 1. The standard InChI is InChI=1S/C14H13N3O5/c1-8(13(19)17-14(15)20)21-12(18)7-6-11-16-9-4-2-3-5-10(9)22-11/h2-8H,1H3,(H3,15,17,19,20)/b7-6+/t8-/m0/s1. The molecule has 1 heterocycles. The SMILES string of the molecule is C[C@H](OC(=O)/C=C/c1nc2ccccc2o1)C(=O)NC(N)=O. The molecule has 0 aliphatic heterocycles. The lowest BCUT2D eigenvalue weighted by Crippen LogP contribution is -2.42. The number of esters is 1. The number of nitrogens with one attached hydrogen (secondary N) is 1. The zero-order valence-corrected chi connectivity index (χ0v) is 11.6. The second-order valence-electron chi connectivity index (χ2n) is 4.29. The first-order chi connectivity index (χ1) is 10.5. The number of amides is 3. The van der Waals surface area contributed by atoms with Crippen molar-refractivity contribution in [3.05, 3.63) is 36.2 Å². The highest BCUT2D eigenvalue weighted by Gasteiger charge is 2.17. The number of oxazole rings is 1. The molecule has 3 amide bonds. The minimum atomic E-state index is -1.16. The first-order valence-corrected chi connectivity index (χ1v) is 6.30. The van der Waals surface area contributed by atoms with Crippen LogP contribution in [-0.2, 0) is 14.3 Å². The number of imide groups is 1. The summed E-state index contributed by atoms with van der Waals surface area (Å²) < 4.78 is 10.2. The van der Waals surface area contributed by atoms with Crippen LogP contribution in [0, 0.1) is 0 Å². The number of primary amides is 1. The number of hydrogen-bond acceptors (Lipinski definition) is 6. The third-order valence-corrected chi connectivity index (χ3v) is 2.58. The van der Waals surface area contributed by atoms with Gasteiger partial charge in [0.15, 0.2) is 11.7 Å². The Balaban J connectivity index is 1.96. The van der Waals surface area contributed by atoms with Crippen molar-refractivity contribution in [2.45, 2.75) is 13.0 Å². The largest absolute Gasteiger partial charge is 0.449 e. The number of rotatable bonds is 4. The van der Waals surface area contributed by atoms with Crippen molar-refractivity contribution in [1.82, 2.24) is 10.3 Å². The second-order valence-corrected chi connectivity index (χ2v) is 4.29. The molecule has 0 radical (unpaired) electrons. The van der Waals surface area contributed by atoms with Crippen LogP contribution in [0.5, 0.6) is 0 Å². The van der Waals surface area contributed by atoms with Gasteiger partial charge >= 0.3 is 12.0 Å². The van der Waals surface area contributed by atoms with E-state index in [-0.39, 0.29) is 5.89 Å². The van der Waals surface area contributed by atoms with E-state index in [1.165, 1.54) is 13.0 Å². The number of aromatic nitrogens is 1. The van der Waals surface area contributed by atoms with Gasteiger partial charge in [0.05, 0.1) is 0 Å². The molecule has 2 rings (SSSR count). The third-order valence-electron chi connectivity index (χ3n) is 2.58. The zero-order valence-electron chi connectivity index (χ0n) is 11.6. The van der Waals surface area contributed by atoms with Crippen molar-refractivity contribution in [2.75, 3.05) is 0 Å². The Bertz CT molecular complexity index is 717. The van der Waals surface area contributed by atoms with E-state index < -0.39 is 24.0 Å². The number of ether oxygens (including phenoxy) is 1. The van der Waals surface area contributed by atoms with Gasteiger partial charge in [-0.2, -0.15) is 0 Å². The first kappa shape index (κ1) is 15.2. The summed E-state index contributed by atoms with van der Waals surface area (Å²) in [6, 6.07) is 6.11. The van der Waals surface area contributed by atoms with E-state index in [1.54, 1.807) is 18.2 Å². The lowest BCUT2D eigenvalue weighted by molar-refractivity contribution is -0.149. The Kier molecular flexibility index (Phi) is 4.52. The highest BCUT2D eigenvalue weighted by atomic mass is 16.5. The Morgan fingerprint density at radius 3 is 2.77 bits per heavy atom. The topological polar surface area (TPSA) is 125 Å². The molecule has 0 bridgehead atoms. The van der Waals surface area contributed by atoms with Crippen LogP contribution < -0.4 is 11.1 Å². The molecule has 0 aliphatic carbocycles. The number of hydrogen-bond donors (Lipinski definition) is 2. The quantitative estimate of drug-likeness (QED) is 0.640. The maximum atomic E-state index is 11.6. The van der Waals surface area contributed by atoms with Gasteiger partial charge in [0.1, 0.15) is 5.52 Å². The summed E-state index contributed by atoms with van der Waals surface area (Å²) in [6.45, 7) is 1.31. The molecular weight excluding hydrogens is 290 g/mol. The fraction of sp³-hybridized carbons (Fsp3) is 0.143. The summed E-state index contributed by atoms with van der Waals surface area (Å²) in [5.74, 6) is -1.36. The van der Waals surface area contributed by atoms with Gasteiger partial charge in [-0.15, -0.1) is 0 Å². The van der Waals surface area contributed by atoms with Crippen molar-refractivity contribution < 1.29 is 23.5 Å². The monoisotopic (exact) mass is 303 g/mol. The van der Waals surface area contributed by atoms with Crippen molar-refractivity contribution >= 4 is 35.1 Å². The second kappa shape index (κ2) is 6.53. The number of nitrogens with zero attached hydrogens (tertiary/aromatic N) is 1. The minimum Gasteiger partial charge on any atom is -0.449 e. The summed E-state index contributed by atoms with van der Waals surface area (Å²) in [6.07, 6.45) is 1.23. The van der Waals surface area contributed by atoms with E-state index in [9.17, 15) is 14.4 Å². The third kappa shape index (κ3) is 3.92. The van der Waals surface area contributed by atoms with Gasteiger partial charge in [0.25, 0.3) is 5.91 Å². The molecule has 0 aliphatic rings. The first-order valence-electron chi connectivity index (χ1n) is 6.30.